The molecule has 1 aliphatic carbocycles. The molecule has 0 radical (unpaired) electrons. The minimum Gasteiger partial charge on any atom is -0.465 e. The van der Waals surface area contributed by atoms with Gasteiger partial charge in [-0.2, -0.15) is 0 Å². The van der Waals surface area contributed by atoms with Crippen LogP contribution in [0, 0.1) is 28.6 Å². The number of nitrogens with one attached hydrogen (secondary N) is 2. The number of aryl methyl sites for hydroxylation is 1. The fraction of sp³-hybridized carbons (Fsp3) is 0.561. The first-order valence-corrected chi connectivity index (χ1v) is 28.8. The summed E-state index contributed by atoms with van der Waals surface area (Å²) in [4.78, 5) is 87.4. The first-order chi connectivity index (χ1) is 36.5. The standard InChI is InChI=1S/C57H72F2IN9O7S/c1-10-68-44-18-15-37-27-41(44)42(49(68)40-13-11-23-61-48(40)36(5)75-9)28-54(6,7)33-76-50(71)39-14-12-24-69(64-35(39)4)52(73)56(38-16-17-38,29-46-62-43(37)30-77-46)63-51(72)57(60,34(2)3)65(8)53(74)66-25-21-55(22-26-66)31-67(32-55)47(70)20-19-45(58)59/h11,13,15,18-20,23,27,30,34,36,38-39,45,64H,4,10,12,14,16-17,21-22,24-26,28-29,31-33H2,1-3,5-9H3,(H,63,72)/b20-19+/t36-,39+,56?,57?/m0/s1. The number of hydrazine groups is 1. The lowest BCUT2D eigenvalue weighted by Crippen LogP contribution is -2.70. The van der Waals surface area contributed by atoms with E-state index in [1.807, 2.05) is 32.2 Å². The smallest absolute Gasteiger partial charge is 0.321 e. The van der Waals surface area contributed by atoms with Crippen LogP contribution in [0.1, 0.15) is 102 Å². The lowest BCUT2D eigenvalue weighted by molar-refractivity contribution is -0.151. The van der Waals surface area contributed by atoms with Crippen molar-refractivity contribution in [2.24, 2.45) is 28.6 Å². The molecule has 7 heterocycles. The summed E-state index contributed by atoms with van der Waals surface area (Å²) in [6.45, 7) is 19.0. The van der Waals surface area contributed by atoms with Gasteiger partial charge in [-0.3, -0.25) is 34.6 Å². The van der Waals surface area contributed by atoms with E-state index in [1.165, 1.54) is 21.2 Å². The maximum Gasteiger partial charge on any atom is 0.321 e. The third-order valence-electron chi connectivity index (χ3n) is 16.7. The molecule has 9 rings (SSSR count). The molecule has 4 aromatic rings. The van der Waals surface area contributed by atoms with Crippen molar-refractivity contribution in [2.45, 2.75) is 121 Å². The molecule has 20 heteroatoms. The highest BCUT2D eigenvalue weighted by atomic mass is 127. The highest BCUT2D eigenvalue weighted by molar-refractivity contribution is 14.1. The Morgan fingerprint density at radius 2 is 1.81 bits per heavy atom. The average molecular weight is 1190 g/mol. The van der Waals surface area contributed by atoms with Crippen molar-refractivity contribution in [3.8, 4) is 22.5 Å². The van der Waals surface area contributed by atoms with Gasteiger partial charge in [-0.1, -0.05) is 40.3 Å². The molecule has 1 aromatic carbocycles. The number of fused-ring (bicyclic) bond motifs is 7. The Bertz CT molecular complexity index is 2980. The molecule has 2 unspecified atom stereocenters. The molecular formula is C57H72F2IN9O7S. The molecule has 4 atom stereocenters. The maximum absolute atomic E-state index is 15.7. The Kier molecular flexibility index (Phi) is 16.1. The number of amides is 5. The van der Waals surface area contributed by atoms with Gasteiger partial charge in [0.15, 0.2) is 3.55 Å². The quantitative estimate of drug-likeness (QED) is 0.0485. The second-order valence-electron chi connectivity index (χ2n) is 22.9. The summed E-state index contributed by atoms with van der Waals surface area (Å²) in [5.41, 5.74) is 7.78. The Morgan fingerprint density at radius 1 is 1.08 bits per heavy atom. The number of carbonyl (C=O) groups is 5. The number of hydrogen-bond acceptors (Lipinski definition) is 11. The summed E-state index contributed by atoms with van der Waals surface area (Å²) in [6.07, 6.45) is 4.29. The predicted octanol–water partition coefficient (Wildman–Crippen LogP) is 9.33. The van der Waals surface area contributed by atoms with Crippen LogP contribution in [0.25, 0.3) is 33.4 Å². The number of hydrogen-bond donors (Lipinski definition) is 2. The number of aromatic nitrogens is 3. The summed E-state index contributed by atoms with van der Waals surface area (Å²) in [7, 11) is 3.30. The van der Waals surface area contributed by atoms with Crippen molar-refractivity contribution in [2.75, 3.05) is 53.5 Å². The van der Waals surface area contributed by atoms with Crippen LogP contribution in [-0.2, 0) is 48.0 Å². The number of cyclic esters (lactones) is 1. The minimum atomic E-state index is -2.71. The highest BCUT2D eigenvalue weighted by Crippen LogP contribution is 2.47. The van der Waals surface area contributed by atoms with E-state index in [1.54, 1.807) is 30.2 Å². The summed E-state index contributed by atoms with van der Waals surface area (Å²) < 4.78 is 38.4. The molecule has 3 aromatic heterocycles. The number of methoxy groups -OCH3 is 1. The average Bonchev–Trinajstić information content (AvgIpc) is 4.28. The minimum absolute atomic E-state index is 0.0661. The van der Waals surface area contributed by atoms with Gasteiger partial charge in [-0.05, 0) is 129 Å². The summed E-state index contributed by atoms with van der Waals surface area (Å²) in [5.74, 6) is -3.23. The highest BCUT2D eigenvalue weighted by Gasteiger charge is 2.58. The molecule has 4 fully saturated rings. The van der Waals surface area contributed by atoms with E-state index < -0.39 is 50.5 Å². The number of halogens is 3. The van der Waals surface area contributed by atoms with Crippen LogP contribution in [0.4, 0.5) is 13.6 Å². The number of piperidine rings is 1. The van der Waals surface area contributed by atoms with Gasteiger partial charge in [0.2, 0.25) is 5.91 Å². The second-order valence-corrected chi connectivity index (χ2v) is 25.5. The molecule has 16 nitrogen and oxygen atoms in total. The summed E-state index contributed by atoms with van der Waals surface area (Å²) in [6, 6.07) is 10.1. The monoisotopic (exact) mass is 1190 g/mol. The normalized spacial score (nSPS) is 23.1. The fourth-order valence-electron chi connectivity index (χ4n) is 12.0. The Balaban J connectivity index is 1.07. The number of ether oxygens (including phenoxy) is 2. The molecule has 2 N–H and O–H groups in total. The fourth-order valence-corrected chi connectivity index (χ4v) is 13.2. The zero-order chi connectivity index (χ0) is 55.4. The van der Waals surface area contributed by atoms with Crippen molar-refractivity contribution in [3.05, 3.63) is 82.6 Å². The zero-order valence-electron chi connectivity index (χ0n) is 45.4. The van der Waals surface area contributed by atoms with Crippen LogP contribution < -0.4 is 10.7 Å². The van der Waals surface area contributed by atoms with Crippen LogP contribution >= 0.6 is 33.9 Å². The zero-order valence-corrected chi connectivity index (χ0v) is 48.4. The molecule has 77 heavy (non-hydrogen) atoms. The molecule has 414 valence electrons. The third kappa shape index (κ3) is 10.9. The first-order valence-electron chi connectivity index (χ1n) is 26.9. The Morgan fingerprint density at radius 3 is 2.47 bits per heavy atom. The van der Waals surface area contributed by atoms with Gasteiger partial charge in [0.1, 0.15) is 5.54 Å². The number of rotatable bonds is 11. The van der Waals surface area contributed by atoms with Gasteiger partial charge in [0.05, 0.1) is 40.7 Å². The summed E-state index contributed by atoms with van der Waals surface area (Å²) in [5, 5.41) is 8.52. The number of benzene rings is 1. The lowest BCUT2D eigenvalue weighted by Gasteiger charge is -2.54. The predicted molar refractivity (Wildman–Crippen MR) is 300 cm³/mol. The number of esters is 1. The topological polar surface area (TPSA) is 172 Å². The number of nitrogens with zero attached hydrogens (tertiary/aromatic N) is 7. The van der Waals surface area contributed by atoms with Crippen LogP contribution in [-0.4, -0.2) is 133 Å². The number of urea groups is 1. The van der Waals surface area contributed by atoms with E-state index in [0.29, 0.717) is 94.5 Å². The van der Waals surface area contributed by atoms with Crippen LogP contribution in [0.2, 0.25) is 0 Å². The number of alkyl halides is 3. The van der Waals surface area contributed by atoms with E-state index in [-0.39, 0.29) is 48.9 Å². The second kappa shape index (κ2) is 22.0. The number of pyridine rings is 1. The number of likely N-dealkylation sites (N-methyl/N-ethyl adjacent to an activating group) is 1. The molecule has 4 aliphatic heterocycles. The van der Waals surface area contributed by atoms with Gasteiger partial charge < -0.3 is 34.1 Å². The molecule has 3 saturated heterocycles. The number of allylic oxidation sites excluding steroid dienone is 1. The molecule has 6 bridgehead atoms. The molecule has 1 saturated carbocycles. The molecular weight excluding hydrogens is 1120 g/mol. The van der Waals surface area contributed by atoms with E-state index in [9.17, 15) is 23.2 Å². The van der Waals surface area contributed by atoms with Crippen LogP contribution in [0.15, 0.2) is 66.3 Å². The Labute approximate surface area is 467 Å². The number of thiazole rings is 1. The van der Waals surface area contributed by atoms with Crippen molar-refractivity contribution >= 4 is 74.6 Å². The number of carbonyl (C=O) groups excluding carboxylic acids is 5. The van der Waals surface area contributed by atoms with Crippen LogP contribution in [0.3, 0.4) is 0 Å². The number of likely N-dealkylation sites (tertiary alicyclic amines) is 2. The molecule has 1 spiro atoms. The lowest BCUT2D eigenvalue weighted by atomic mass is 9.72. The SMILES string of the molecule is C=C1NN2CCC[C@H]1C(=O)OCC(C)(C)Cc1c(-c3cccnc3[C@H](C)OC)n(CC)c3ccc(cc13)-c1csc(n1)CC(NC(=O)C(I)(C(C)C)N(C)C(=O)N1CCC3(CC1)CN(C(=O)/C=C/C(F)F)C3)(C1CC1)C2=O. The molecule has 5 aliphatic rings. The van der Waals surface area contributed by atoms with Gasteiger partial charge in [-0.25, -0.2) is 18.6 Å². The van der Waals surface area contributed by atoms with Gasteiger partial charge >= 0.3 is 12.0 Å². The van der Waals surface area contributed by atoms with Gasteiger partial charge in [0.25, 0.3) is 18.2 Å². The van der Waals surface area contributed by atoms with Crippen LogP contribution in [0.5, 0.6) is 0 Å². The van der Waals surface area contributed by atoms with Gasteiger partial charge in [0, 0.05) is 116 Å². The van der Waals surface area contributed by atoms with Crippen molar-refractivity contribution in [1.29, 1.82) is 0 Å². The Hall–Kier alpha value is -5.48. The van der Waals surface area contributed by atoms with E-state index in [4.69, 9.17) is 19.4 Å². The maximum atomic E-state index is 15.7. The van der Waals surface area contributed by atoms with E-state index >= 15 is 9.59 Å². The molecule has 5 amide bonds. The largest absolute Gasteiger partial charge is 0.465 e. The van der Waals surface area contributed by atoms with Gasteiger partial charge in [-0.15, -0.1) is 11.3 Å². The summed E-state index contributed by atoms with van der Waals surface area (Å²) >= 11 is 3.50. The van der Waals surface area contributed by atoms with E-state index in [2.05, 4.69) is 89.5 Å². The third-order valence-corrected chi connectivity index (χ3v) is 20.0. The van der Waals surface area contributed by atoms with Crippen molar-refractivity contribution < 1.29 is 42.2 Å². The van der Waals surface area contributed by atoms with E-state index in [0.717, 1.165) is 50.8 Å². The van der Waals surface area contributed by atoms with Crippen molar-refractivity contribution in [1.82, 2.24) is 45.0 Å². The van der Waals surface area contributed by atoms with Crippen molar-refractivity contribution in [3.63, 3.8) is 0 Å². The first kappa shape index (κ1) is 56.2.